The van der Waals surface area contributed by atoms with E-state index in [0.717, 1.165) is 11.3 Å². The van der Waals surface area contributed by atoms with Crippen LogP contribution in [0.2, 0.25) is 0 Å². The zero-order chi connectivity index (χ0) is 13.3. The Hall–Kier alpha value is -2.08. The third-order valence-electron chi connectivity index (χ3n) is 3.10. The summed E-state index contributed by atoms with van der Waals surface area (Å²) in [6, 6.07) is 6.68. The molecule has 6 heteroatoms. The second-order valence-electron chi connectivity index (χ2n) is 4.32. The second-order valence-corrected chi connectivity index (χ2v) is 4.32. The molecule has 1 aliphatic rings. The summed E-state index contributed by atoms with van der Waals surface area (Å²) in [5.41, 5.74) is 3.85. The molecule has 1 atom stereocenters. The van der Waals surface area contributed by atoms with E-state index in [4.69, 9.17) is 5.84 Å². The molecule has 1 heterocycles. The fourth-order valence-corrected chi connectivity index (χ4v) is 2.10. The third kappa shape index (κ3) is 1.91. The van der Waals surface area contributed by atoms with Crippen molar-refractivity contribution >= 4 is 17.6 Å². The van der Waals surface area contributed by atoms with E-state index in [2.05, 4.69) is 5.43 Å². The molecule has 2 rings (SSSR count). The minimum atomic E-state index is -0.647. The third-order valence-corrected chi connectivity index (χ3v) is 3.10. The smallest absolute Gasteiger partial charge is 0.323 e. The van der Waals surface area contributed by atoms with Crippen LogP contribution < -0.4 is 16.2 Å². The molecule has 0 radical (unpaired) electrons. The van der Waals surface area contributed by atoms with Crippen LogP contribution in [0.5, 0.6) is 0 Å². The Kier molecular flexibility index (Phi) is 3.20. The maximum atomic E-state index is 12.2. The second kappa shape index (κ2) is 4.66. The van der Waals surface area contributed by atoms with Crippen LogP contribution >= 0.6 is 0 Å². The lowest BCUT2D eigenvalue weighted by atomic mass is 10.1. The summed E-state index contributed by atoms with van der Waals surface area (Å²) in [6.07, 6.45) is 0. The van der Waals surface area contributed by atoms with Gasteiger partial charge in [0, 0.05) is 13.6 Å². The lowest BCUT2D eigenvalue weighted by molar-refractivity contribution is -0.122. The summed E-state index contributed by atoms with van der Waals surface area (Å²) in [4.78, 5) is 26.8. The van der Waals surface area contributed by atoms with Gasteiger partial charge < -0.3 is 4.90 Å². The zero-order valence-electron chi connectivity index (χ0n) is 10.4. The van der Waals surface area contributed by atoms with E-state index in [1.54, 1.807) is 18.9 Å². The van der Waals surface area contributed by atoms with Gasteiger partial charge in [0.15, 0.2) is 0 Å². The van der Waals surface area contributed by atoms with Crippen LogP contribution in [-0.4, -0.2) is 29.9 Å². The Morgan fingerprint density at radius 3 is 2.78 bits per heavy atom. The van der Waals surface area contributed by atoms with Gasteiger partial charge in [0.25, 0.3) is 5.91 Å². The first-order valence-electron chi connectivity index (χ1n) is 5.69. The number of rotatable bonds is 2. The highest BCUT2D eigenvalue weighted by atomic mass is 16.2. The van der Waals surface area contributed by atoms with Crippen LogP contribution in [0, 0.1) is 0 Å². The van der Waals surface area contributed by atoms with Gasteiger partial charge in [-0.1, -0.05) is 18.2 Å². The Bertz CT molecular complexity index is 489. The van der Waals surface area contributed by atoms with Gasteiger partial charge in [-0.3, -0.25) is 15.1 Å². The van der Waals surface area contributed by atoms with E-state index in [1.165, 1.54) is 4.90 Å². The number of benzene rings is 1. The van der Waals surface area contributed by atoms with Gasteiger partial charge in [0.2, 0.25) is 0 Å². The highest BCUT2D eigenvalue weighted by Crippen LogP contribution is 2.29. The molecule has 3 N–H and O–H groups in total. The van der Waals surface area contributed by atoms with Crippen molar-refractivity contribution < 1.29 is 9.59 Å². The SMILES string of the molecule is CC(C(=O)NN)N1C(=O)N(C)Cc2ccccc21. The summed E-state index contributed by atoms with van der Waals surface area (Å²) in [5, 5.41) is 0. The lowest BCUT2D eigenvalue weighted by Gasteiger charge is -2.37. The van der Waals surface area contributed by atoms with Crippen molar-refractivity contribution in [3.05, 3.63) is 29.8 Å². The lowest BCUT2D eigenvalue weighted by Crippen LogP contribution is -2.55. The van der Waals surface area contributed by atoms with Crippen LogP contribution in [-0.2, 0) is 11.3 Å². The van der Waals surface area contributed by atoms with E-state index in [9.17, 15) is 9.59 Å². The summed E-state index contributed by atoms with van der Waals surface area (Å²) < 4.78 is 0. The zero-order valence-corrected chi connectivity index (χ0v) is 10.4. The molecule has 1 unspecified atom stereocenters. The largest absolute Gasteiger partial charge is 0.325 e. The summed E-state index contributed by atoms with van der Waals surface area (Å²) in [6.45, 7) is 2.19. The van der Waals surface area contributed by atoms with Gasteiger partial charge in [0.05, 0.1) is 5.69 Å². The molecule has 0 saturated heterocycles. The predicted octanol–water partition coefficient (Wildman–Crippen LogP) is 0.437. The maximum absolute atomic E-state index is 12.2. The molecule has 0 aliphatic carbocycles. The maximum Gasteiger partial charge on any atom is 0.325 e. The van der Waals surface area contributed by atoms with Crippen LogP contribution in [0.4, 0.5) is 10.5 Å². The molecule has 18 heavy (non-hydrogen) atoms. The van der Waals surface area contributed by atoms with Crippen LogP contribution in [0.25, 0.3) is 0 Å². The summed E-state index contributed by atoms with van der Waals surface area (Å²) in [5.74, 6) is 4.73. The number of hydrogen-bond donors (Lipinski definition) is 2. The number of nitrogens with one attached hydrogen (secondary N) is 1. The van der Waals surface area contributed by atoms with E-state index in [-0.39, 0.29) is 6.03 Å². The molecule has 3 amide bonds. The van der Waals surface area contributed by atoms with Gasteiger partial charge in [-0.25, -0.2) is 10.6 Å². The first-order chi connectivity index (χ1) is 8.56. The number of para-hydroxylation sites is 1. The molecule has 0 spiro atoms. The Labute approximate surface area is 105 Å². The Morgan fingerprint density at radius 2 is 2.11 bits per heavy atom. The minimum Gasteiger partial charge on any atom is -0.323 e. The Morgan fingerprint density at radius 1 is 1.44 bits per heavy atom. The fraction of sp³-hybridized carbons (Fsp3) is 0.333. The van der Waals surface area contributed by atoms with Gasteiger partial charge in [-0.2, -0.15) is 0 Å². The Balaban J connectivity index is 2.44. The summed E-state index contributed by atoms with van der Waals surface area (Å²) in [7, 11) is 1.71. The van der Waals surface area contributed by atoms with E-state index in [0.29, 0.717) is 6.54 Å². The highest BCUT2D eigenvalue weighted by Gasteiger charge is 2.34. The van der Waals surface area contributed by atoms with Gasteiger partial charge in [-0.15, -0.1) is 0 Å². The topological polar surface area (TPSA) is 78.7 Å². The minimum absolute atomic E-state index is 0.204. The quantitative estimate of drug-likeness (QED) is 0.453. The molecule has 96 valence electrons. The van der Waals surface area contributed by atoms with Crippen molar-refractivity contribution in [1.82, 2.24) is 10.3 Å². The molecular weight excluding hydrogens is 232 g/mol. The van der Waals surface area contributed by atoms with Gasteiger partial charge >= 0.3 is 6.03 Å². The molecule has 1 aromatic carbocycles. The van der Waals surface area contributed by atoms with Crippen molar-refractivity contribution in [3.8, 4) is 0 Å². The number of carbonyl (C=O) groups is 2. The van der Waals surface area contributed by atoms with Crippen molar-refractivity contribution in [2.75, 3.05) is 11.9 Å². The summed E-state index contributed by atoms with van der Waals surface area (Å²) >= 11 is 0. The monoisotopic (exact) mass is 248 g/mol. The number of nitrogens with zero attached hydrogens (tertiary/aromatic N) is 2. The first-order valence-corrected chi connectivity index (χ1v) is 5.69. The van der Waals surface area contributed by atoms with Crippen molar-refractivity contribution in [3.63, 3.8) is 0 Å². The number of urea groups is 1. The molecule has 0 saturated carbocycles. The van der Waals surface area contributed by atoms with E-state index in [1.807, 2.05) is 24.3 Å². The van der Waals surface area contributed by atoms with Crippen LogP contribution in [0.1, 0.15) is 12.5 Å². The number of fused-ring (bicyclic) bond motifs is 1. The molecule has 0 fully saturated rings. The number of hydrazine groups is 1. The molecule has 1 aromatic rings. The predicted molar refractivity (Wildman–Crippen MR) is 67.6 cm³/mol. The van der Waals surface area contributed by atoms with E-state index >= 15 is 0 Å². The van der Waals surface area contributed by atoms with Crippen molar-refractivity contribution in [1.29, 1.82) is 0 Å². The number of amides is 3. The molecule has 0 bridgehead atoms. The number of anilines is 1. The van der Waals surface area contributed by atoms with E-state index < -0.39 is 11.9 Å². The molecular formula is C12H16N4O2. The average Bonchev–Trinajstić information content (AvgIpc) is 2.38. The first kappa shape index (κ1) is 12.4. The van der Waals surface area contributed by atoms with Gasteiger partial charge in [0.1, 0.15) is 6.04 Å². The number of nitrogens with two attached hydrogens (primary N) is 1. The number of carbonyl (C=O) groups excluding carboxylic acids is 2. The molecule has 0 aromatic heterocycles. The van der Waals surface area contributed by atoms with Crippen LogP contribution in [0.15, 0.2) is 24.3 Å². The normalized spacial score (nSPS) is 16.3. The number of hydrogen-bond acceptors (Lipinski definition) is 3. The molecule has 1 aliphatic heterocycles. The standard InChI is InChI=1S/C12H16N4O2/c1-8(11(17)14-13)16-10-6-4-3-5-9(10)7-15(2)12(16)18/h3-6,8H,7,13H2,1-2H3,(H,14,17). The van der Waals surface area contributed by atoms with Gasteiger partial charge in [-0.05, 0) is 18.6 Å². The fourth-order valence-electron chi connectivity index (χ4n) is 2.10. The highest BCUT2D eigenvalue weighted by molar-refractivity contribution is 6.01. The molecule has 6 nitrogen and oxygen atoms in total. The van der Waals surface area contributed by atoms with Crippen molar-refractivity contribution in [2.45, 2.75) is 19.5 Å². The van der Waals surface area contributed by atoms with Crippen molar-refractivity contribution in [2.24, 2.45) is 5.84 Å². The average molecular weight is 248 g/mol. The van der Waals surface area contributed by atoms with Crippen LogP contribution in [0.3, 0.4) is 0 Å².